The molecule has 2 nitrogen and oxygen atoms in total. The molecule has 0 unspecified atom stereocenters. The molecule has 0 spiro atoms. The predicted octanol–water partition coefficient (Wildman–Crippen LogP) is 2.53. The summed E-state index contributed by atoms with van der Waals surface area (Å²) < 4.78 is 4.76. The maximum absolute atomic E-state index is 11.2. The van der Waals surface area contributed by atoms with Gasteiger partial charge in [-0.2, -0.15) is 0 Å². The van der Waals surface area contributed by atoms with Gasteiger partial charge in [-0.25, -0.2) is 0 Å². The van der Waals surface area contributed by atoms with E-state index in [2.05, 4.69) is 5.92 Å². The average Bonchev–Trinajstić information content (AvgIpc) is 2.47. The maximum Gasteiger partial charge on any atom is 0.203 e. The summed E-state index contributed by atoms with van der Waals surface area (Å²) in [5, 5.41) is 0.136. The second-order valence-electron chi connectivity index (χ2n) is 2.24. The minimum atomic E-state index is -0.0771. The molecule has 0 aliphatic carbocycles. The van der Waals surface area contributed by atoms with Gasteiger partial charge < -0.3 is 4.42 Å². The normalized spacial score (nSPS) is 9.33. The average molecular weight is 183 g/mol. The first-order chi connectivity index (χ1) is 5.75. The van der Waals surface area contributed by atoms with Crippen LogP contribution in [-0.4, -0.2) is 5.78 Å². The predicted molar refractivity (Wildman–Crippen MR) is 46.1 cm³/mol. The molecule has 0 aliphatic heterocycles. The Kier molecular flexibility index (Phi) is 2.95. The summed E-state index contributed by atoms with van der Waals surface area (Å²) >= 11 is 5.57. The Morgan fingerprint density at radius 2 is 2.50 bits per heavy atom. The Morgan fingerprint density at radius 3 is 3.00 bits per heavy atom. The van der Waals surface area contributed by atoms with Crippen molar-refractivity contribution in [3.63, 3.8) is 0 Å². The zero-order valence-electron chi connectivity index (χ0n) is 6.34. The van der Waals surface area contributed by atoms with Crippen LogP contribution in [0.5, 0.6) is 0 Å². The highest BCUT2D eigenvalue weighted by Crippen LogP contribution is 2.18. The van der Waals surface area contributed by atoms with Crippen LogP contribution in [0.4, 0.5) is 0 Å². The van der Waals surface area contributed by atoms with Gasteiger partial charge in [0.2, 0.25) is 5.22 Å². The van der Waals surface area contributed by atoms with Crippen LogP contribution in [-0.2, 0) is 0 Å². The third-order valence-corrected chi connectivity index (χ3v) is 1.71. The lowest BCUT2D eigenvalue weighted by atomic mass is 10.1. The minimum Gasteiger partial charge on any atom is -0.452 e. The Labute approximate surface area is 75.5 Å². The molecular formula is C9H7ClO2. The third-order valence-electron chi connectivity index (χ3n) is 1.41. The van der Waals surface area contributed by atoms with Gasteiger partial charge >= 0.3 is 0 Å². The summed E-state index contributed by atoms with van der Waals surface area (Å²) in [6.07, 6.45) is 7.14. The van der Waals surface area contributed by atoms with Crippen molar-refractivity contribution >= 4 is 17.4 Å². The van der Waals surface area contributed by atoms with Crippen molar-refractivity contribution in [2.45, 2.75) is 12.8 Å². The first-order valence-corrected chi connectivity index (χ1v) is 3.83. The molecule has 0 radical (unpaired) electrons. The molecule has 0 amide bonds. The van der Waals surface area contributed by atoms with Gasteiger partial charge in [-0.1, -0.05) is 0 Å². The molecule has 0 saturated carbocycles. The molecule has 0 aliphatic rings. The van der Waals surface area contributed by atoms with Gasteiger partial charge in [0, 0.05) is 12.8 Å². The molecule has 1 heterocycles. The van der Waals surface area contributed by atoms with E-state index in [9.17, 15) is 4.79 Å². The molecule has 0 fully saturated rings. The molecule has 1 rings (SSSR count). The highest BCUT2D eigenvalue weighted by molar-refractivity contribution is 6.32. The number of ketones is 1. The SMILES string of the molecule is C#CCCC(=O)c1ccoc1Cl. The van der Waals surface area contributed by atoms with Crippen molar-refractivity contribution in [2.24, 2.45) is 0 Å². The molecule has 0 atom stereocenters. The second kappa shape index (κ2) is 3.99. The van der Waals surface area contributed by atoms with Gasteiger partial charge in [-0.15, -0.1) is 12.3 Å². The molecular weight excluding hydrogens is 176 g/mol. The Bertz CT molecular complexity index is 320. The standard InChI is InChI=1S/C9H7ClO2/c1-2-3-4-8(11)7-5-6-12-9(7)10/h1,5-6H,3-4H2. The van der Waals surface area contributed by atoms with Gasteiger partial charge in [0.1, 0.15) is 0 Å². The summed E-state index contributed by atoms with van der Waals surface area (Å²) in [5.74, 6) is 2.31. The molecule has 0 aromatic carbocycles. The van der Waals surface area contributed by atoms with Crippen molar-refractivity contribution in [1.29, 1.82) is 0 Å². The van der Waals surface area contributed by atoms with E-state index in [4.69, 9.17) is 22.4 Å². The van der Waals surface area contributed by atoms with E-state index in [1.165, 1.54) is 6.26 Å². The molecule has 1 aromatic rings. The number of furan rings is 1. The van der Waals surface area contributed by atoms with Crippen molar-refractivity contribution in [3.05, 3.63) is 23.1 Å². The lowest BCUT2D eigenvalue weighted by molar-refractivity contribution is 0.0984. The molecule has 0 bridgehead atoms. The molecule has 62 valence electrons. The number of carbonyl (C=O) groups is 1. The van der Waals surface area contributed by atoms with Gasteiger partial charge in [-0.3, -0.25) is 4.79 Å². The smallest absolute Gasteiger partial charge is 0.203 e. The zero-order valence-corrected chi connectivity index (χ0v) is 7.10. The van der Waals surface area contributed by atoms with E-state index in [0.717, 1.165) is 0 Å². The summed E-state index contributed by atoms with van der Waals surface area (Å²) in [6.45, 7) is 0. The topological polar surface area (TPSA) is 30.2 Å². The Hall–Kier alpha value is -1.20. The lowest BCUT2D eigenvalue weighted by Crippen LogP contribution is -1.96. The first kappa shape index (κ1) is 8.89. The van der Waals surface area contributed by atoms with Crippen LogP contribution in [0, 0.1) is 12.3 Å². The number of rotatable bonds is 3. The quantitative estimate of drug-likeness (QED) is 0.531. The Balaban J connectivity index is 2.67. The fraction of sp³-hybridized carbons (Fsp3) is 0.222. The van der Waals surface area contributed by atoms with Gasteiger partial charge in [0.05, 0.1) is 11.8 Å². The largest absolute Gasteiger partial charge is 0.452 e. The molecule has 12 heavy (non-hydrogen) atoms. The van der Waals surface area contributed by atoms with Crippen molar-refractivity contribution in [1.82, 2.24) is 0 Å². The van der Waals surface area contributed by atoms with E-state index in [0.29, 0.717) is 18.4 Å². The molecule has 0 saturated heterocycles. The number of hydrogen-bond donors (Lipinski definition) is 0. The summed E-state index contributed by atoms with van der Waals surface area (Å²) in [6, 6.07) is 1.54. The van der Waals surface area contributed by atoms with E-state index in [-0.39, 0.29) is 11.0 Å². The lowest BCUT2D eigenvalue weighted by Gasteiger charge is -1.92. The van der Waals surface area contributed by atoms with Gasteiger partial charge in [0.15, 0.2) is 5.78 Å². The fourth-order valence-corrected chi connectivity index (χ4v) is 1.03. The number of hydrogen-bond acceptors (Lipinski definition) is 2. The van der Waals surface area contributed by atoms with Crippen molar-refractivity contribution in [2.75, 3.05) is 0 Å². The monoisotopic (exact) mass is 182 g/mol. The second-order valence-corrected chi connectivity index (χ2v) is 2.58. The third kappa shape index (κ3) is 1.90. The van der Waals surface area contributed by atoms with Crippen LogP contribution in [0.2, 0.25) is 5.22 Å². The van der Waals surface area contributed by atoms with Gasteiger partial charge in [0.25, 0.3) is 0 Å². The summed E-state index contributed by atoms with van der Waals surface area (Å²) in [5.41, 5.74) is 0.409. The summed E-state index contributed by atoms with van der Waals surface area (Å²) in [4.78, 5) is 11.2. The zero-order chi connectivity index (χ0) is 8.97. The minimum absolute atomic E-state index is 0.0771. The van der Waals surface area contributed by atoms with E-state index < -0.39 is 0 Å². The van der Waals surface area contributed by atoms with Crippen LogP contribution in [0.3, 0.4) is 0 Å². The van der Waals surface area contributed by atoms with Crippen LogP contribution in [0.15, 0.2) is 16.7 Å². The molecule has 1 aromatic heterocycles. The van der Waals surface area contributed by atoms with Gasteiger partial charge in [-0.05, 0) is 17.7 Å². The maximum atomic E-state index is 11.2. The summed E-state index contributed by atoms with van der Waals surface area (Å²) in [7, 11) is 0. The van der Waals surface area contributed by atoms with Crippen LogP contribution < -0.4 is 0 Å². The number of terminal acetylenes is 1. The fourth-order valence-electron chi connectivity index (χ4n) is 0.814. The molecule has 0 N–H and O–H groups in total. The van der Waals surface area contributed by atoms with E-state index in [1.807, 2.05) is 0 Å². The number of carbonyl (C=O) groups excluding carboxylic acids is 1. The van der Waals surface area contributed by atoms with E-state index in [1.54, 1.807) is 6.07 Å². The Morgan fingerprint density at radius 1 is 1.75 bits per heavy atom. The number of Topliss-reactive ketones (excluding diaryl/α,β-unsaturated/α-hetero) is 1. The van der Waals surface area contributed by atoms with Crippen molar-refractivity contribution < 1.29 is 9.21 Å². The van der Waals surface area contributed by atoms with Crippen LogP contribution in [0.25, 0.3) is 0 Å². The highest BCUT2D eigenvalue weighted by atomic mass is 35.5. The van der Waals surface area contributed by atoms with Crippen LogP contribution in [0.1, 0.15) is 23.2 Å². The molecule has 3 heteroatoms. The highest BCUT2D eigenvalue weighted by Gasteiger charge is 2.11. The number of halogens is 1. The first-order valence-electron chi connectivity index (χ1n) is 3.45. The van der Waals surface area contributed by atoms with Crippen LogP contribution >= 0.6 is 11.6 Å². The van der Waals surface area contributed by atoms with E-state index >= 15 is 0 Å². The van der Waals surface area contributed by atoms with Crippen molar-refractivity contribution in [3.8, 4) is 12.3 Å².